The molecule has 0 radical (unpaired) electrons. The third-order valence-electron chi connectivity index (χ3n) is 5.22. The van der Waals surface area contributed by atoms with Crippen LogP contribution < -0.4 is 16.0 Å². The lowest BCUT2D eigenvalue weighted by atomic mass is 10.0. The average Bonchev–Trinajstić information content (AvgIpc) is 3.43. The lowest BCUT2D eigenvalue weighted by Crippen LogP contribution is -2.26. The van der Waals surface area contributed by atoms with E-state index in [0.717, 1.165) is 65.0 Å². The molecule has 1 aliphatic heterocycles. The van der Waals surface area contributed by atoms with Gasteiger partial charge >= 0.3 is 0 Å². The highest BCUT2D eigenvalue weighted by atomic mass is 32.2. The van der Waals surface area contributed by atoms with Crippen LogP contribution in [0, 0.1) is 0 Å². The number of carbonyl (C=O) groups excluding carboxylic acids is 1. The van der Waals surface area contributed by atoms with Crippen molar-refractivity contribution in [2.24, 2.45) is 4.99 Å². The normalized spacial score (nSPS) is 13.8. The molecule has 1 unspecified atom stereocenters. The first kappa shape index (κ1) is 23.1. The van der Waals surface area contributed by atoms with Gasteiger partial charge in [0.2, 0.25) is 5.91 Å². The van der Waals surface area contributed by atoms with Gasteiger partial charge in [-0.15, -0.1) is 11.3 Å². The first-order valence-electron chi connectivity index (χ1n) is 10.8. The molecule has 1 atom stereocenters. The van der Waals surface area contributed by atoms with Gasteiger partial charge in [-0.1, -0.05) is 24.3 Å². The maximum atomic E-state index is 11.7. The molecule has 4 rings (SSSR count). The van der Waals surface area contributed by atoms with E-state index < -0.39 is 10.8 Å². The minimum Gasteiger partial charge on any atom is -0.354 e. The highest BCUT2D eigenvalue weighted by Gasteiger charge is 2.14. The number of hydrogen-bond acceptors (Lipinski definition) is 7. The van der Waals surface area contributed by atoms with Crippen molar-refractivity contribution in [1.29, 1.82) is 0 Å². The lowest BCUT2D eigenvalue weighted by molar-refractivity contribution is -0.114. The van der Waals surface area contributed by atoms with Crippen LogP contribution >= 0.6 is 11.3 Å². The van der Waals surface area contributed by atoms with E-state index in [2.05, 4.69) is 45.2 Å². The first-order valence-corrected chi connectivity index (χ1v) is 13.2. The third-order valence-corrected chi connectivity index (χ3v) is 7.17. The van der Waals surface area contributed by atoms with Gasteiger partial charge in [0.25, 0.3) is 0 Å². The number of amides is 1. The number of guanidine groups is 1. The van der Waals surface area contributed by atoms with Gasteiger partial charge in [0.05, 0.1) is 12.2 Å². The van der Waals surface area contributed by atoms with Crippen LogP contribution in [0.4, 0.5) is 10.8 Å². The Balaban J connectivity index is 1.44. The molecular formula is C24H27N5O2S2. The second kappa shape index (κ2) is 10.7. The van der Waals surface area contributed by atoms with Crippen molar-refractivity contribution in [2.45, 2.75) is 31.1 Å². The third kappa shape index (κ3) is 6.49. The van der Waals surface area contributed by atoms with E-state index in [-0.39, 0.29) is 5.91 Å². The van der Waals surface area contributed by atoms with Crippen molar-refractivity contribution >= 4 is 44.8 Å². The van der Waals surface area contributed by atoms with E-state index in [1.54, 1.807) is 6.26 Å². The quantitative estimate of drug-likeness (QED) is 0.457. The molecule has 3 N–H and O–H groups in total. The minimum atomic E-state index is -0.990. The SMILES string of the molecule is CC(=O)Nc1nc(CCc2ccc(NC3=NCCN3)cc2)c(Cc2ccc(S(C)=O)cc2)s1. The standard InChI is InChI=1S/C24H27N5O2S2/c1-16(30)27-24-29-21(22(32-24)15-18-5-10-20(11-6-18)33(2)31)12-7-17-3-8-19(9-4-17)28-23-25-13-14-26-23/h3-6,8-11H,7,12-15H2,1-2H3,(H2,25,26,28)(H,27,29,30). The van der Waals surface area contributed by atoms with E-state index in [4.69, 9.17) is 4.98 Å². The van der Waals surface area contributed by atoms with E-state index in [1.165, 1.54) is 23.8 Å². The second-order valence-corrected chi connectivity index (χ2v) is 10.3. The maximum Gasteiger partial charge on any atom is 0.223 e. The van der Waals surface area contributed by atoms with Gasteiger partial charge in [-0.3, -0.25) is 14.0 Å². The molecule has 1 aliphatic rings. The van der Waals surface area contributed by atoms with Crippen LogP contribution in [-0.4, -0.2) is 40.4 Å². The Hall–Kier alpha value is -3.04. The van der Waals surface area contributed by atoms with Gasteiger partial charge in [-0.25, -0.2) is 4.98 Å². The number of aliphatic imine (C=N–C) groups is 1. The number of thiazole rings is 1. The summed E-state index contributed by atoms with van der Waals surface area (Å²) in [7, 11) is -0.990. The summed E-state index contributed by atoms with van der Waals surface area (Å²) < 4.78 is 11.7. The predicted octanol–water partition coefficient (Wildman–Crippen LogP) is 3.59. The van der Waals surface area contributed by atoms with Crippen molar-refractivity contribution in [2.75, 3.05) is 30.0 Å². The zero-order chi connectivity index (χ0) is 23.2. The number of aryl methyl sites for hydroxylation is 2. The van der Waals surface area contributed by atoms with Gasteiger partial charge in [-0.2, -0.15) is 0 Å². The van der Waals surface area contributed by atoms with Crippen molar-refractivity contribution < 1.29 is 9.00 Å². The number of benzene rings is 2. The zero-order valence-corrected chi connectivity index (χ0v) is 20.3. The Morgan fingerprint density at radius 1 is 1.09 bits per heavy atom. The first-order chi connectivity index (χ1) is 16.0. The molecular weight excluding hydrogens is 454 g/mol. The van der Waals surface area contributed by atoms with Gasteiger partial charge in [0.1, 0.15) is 0 Å². The molecule has 2 heterocycles. The van der Waals surface area contributed by atoms with Crippen molar-refractivity contribution in [3.8, 4) is 0 Å². The van der Waals surface area contributed by atoms with Crippen LogP contribution in [0.3, 0.4) is 0 Å². The summed E-state index contributed by atoms with van der Waals surface area (Å²) in [5.74, 6) is 0.694. The molecule has 33 heavy (non-hydrogen) atoms. The molecule has 1 amide bonds. The molecule has 0 saturated carbocycles. The molecule has 0 spiro atoms. The number of nitrogens with one attached hydrogen (secondary N) is 3. The molecule has 3 aromatic rings. The zero-order valence-electron chi connectivity index (χ0n) is 18.7. The molecule has 7 nitrogen and oxygen atoms in total. The average molecular weight is 482 g/mol. The fraction of sp³-hybridized carbons (Fsp3) is 0.292. The fourth-order valence-corrected chi connectivity index (χ4v) is 5.15. The number of carbonyl (C=O) groups is 1. The van der Waals surface area contributed by atoms with Crippen LogP contribution in [0.1, 0.15) is 28.6 Å². The monoisotopic (exact) mass is 481 g/mol. The van der Waals surface area contributed by atoms with Crippen molar-refractivity contribution in [1.82, 2.24) is 10.3 Å². The molecule has 0 aliphatic carbocycles. The largest absolute Gasteiger partial charge is 0.354 e. The van der Waals surface area contributed by atoms with Crippen LogP contribution in [0.5, 0.6) is 0 Å². The second-order valence-electron chi connectivity index (χ2n) is 7.82. The summed E-state index contributed by atoms with van der Waals surface area (Å²) in [6, 6.07) is 16.2. The molecule has 0 saturated heterocycles. The topological polar surface area (TPSA) is 95.5 Å². The van der Waals surface area contributed by atoms with Crippen LogP contribution in [-0.2, 0) is 34.9 Å². The Labute approximate surface area is 200 Å². The maximum absolute atomic E-state index is 11.7. The Morgan fingerprint density at radius 2 is 1.82 bits per heavy atom. The van der Waals surface area contributed by atoms with Gasteiger partial charge in [0.15, 0.2) is 11.1 Å². The number of rotatable bonds is 8. The fourth-order valence-electron chi connectivity index (χ4n) is 3.54. The number of hydrogen-bond donors (Lipinski definition) is 3. The molecule has 172 valence electrons. The molecule has 0 bridgehead atoms. The summed E-state index contributed by atoms with van der Waals surface area (Å²) in [6.45, 7) is 3.17. The van der Waals surface area contributed by atoms with E-state index in [0.29, 0.717) is 5.13 Å². The lowest BCUT2D eigenvalue weighted by Gasteiger charge is -2.08. The highest BCUT2D eigenvalue weighted by Crippen LogP contribution is 2.27. The number of aromatic nitrogens is 1. The summed E-state index contributed by atoms with van der Waals surface area (Å²) in [6.07, 6.45) is 4.03. The van der Waals surface area contributed by atoms with E-state index >= 15 is 0 Å². The number of nitrogens with zero attached hydrogens (tertiary/aromatic N) is 2. The van der Waals surface area contributed by atoms with Crippen molar-refractivity contribution in [3.05, 3.63) is 70.2 Å². The molecule has 9 heteroatoms. The van der Waals surface area contributed by atoms with E-state index in [1.807, 2.05) is 24.3 Å². The van der Waals surface area contributed by atoms with Crippen LogP contribution in [0.25, 0.3) is 0 Å². The van der Waals surface area contributed by atoms with E-state index in [9.17, 15) is 9.00 Å². The van der Waals surface area contributed by atoms with Gasteiger partial charge in [-0.05, 0) is 48.2 Å². The van der Waals surface area contributed by atoms with Crippen molar-refractivity contribution in [3.63, 3.8) is 0 Å². The molecule has 1 aromatic heterocycles. The van der Waals surface area contributed by atoms with Gasteiger partial charge in [0, 0.05) is 52.4 Å². The smallest absolute Gasteiger partial charge is 0.223 e. The Morgan fingerprint density at radius 3 is 2.45 bits per heavy atom. The molecule has 0 fully saturated rings. The van der Waals surface area contributed by atoms with Crippen LogP contribution in [0.2, 0.25) is 0 Å². The summed E-state index contributed by atoms with van der Waals surface area (Å²) in [5, 5.41) is 9.93. The highest BCUT2D eigenvalue weighted by molar-refractivity contribution is 7.84. The minimum absolute atomic E-state index is 0.124. The van der Waals surface area contributed by atoms with Gasteiger partial charge < -0.3 is 16.0 Å². The summed E-state index contributed by atoms with van der Waals surface area (Å²) >= 11 is 1.52. The summed E-state index contributed by atoms with van der Waals surface area (Å²) in [4.78, 5) is 22.5. The Bertz CT molecular complexity index is 1170. The molecule has 2 aromatic carbocycles. The summed E-state index contributed by atoms with van der Waals surface area (Å²) in [5.41, 5.74) is 4.35. The van der Waals surface area contributed by atoms with Crippen LogP contribution in [0.15, 0.2) is 58.4 Å². The number of anilines is 2. The predicted molar refractivity (Wildman–Crippen MR) is 136 cm³/mol. The Kier molecular flexibility index (Phi) is 7.51.